The molecule has 0 aromatic carbocycles. The largest absolute Gasteiger partial charge is 0.347 e. The minimum atomic E-state index is 0.140. The first-order chi connectivity index (χ1) is 10.1. The second-order valence-corrected chi connectivity index (χ2v) is 7.66. The first-order valence-corrected chi connectivity index (χ1v) is 8.77. The molecular formula is C16H25N3OS. The normalized spacial score (nSPS) is 27.0. The Balaban J connectivity index is 1.53. The Bertz CT molecular complexity index is 462. The number of rotatable bonds is 5. The van der Waals surface area contributed by atoms with Crippen LogP contribution < -0.4 is 10.6 Å². The summed E-state index contributed by atoms with van der Waals surface area (Å²) in [4.78, 5) is 15.9. The molecule has 4 nitrogen and oxygen atoms in total. The standard InChI is InChI=1S/C16H25N3OS/c1-11(2)16(14-4-3-5-21-14)18-15(20)10-19-8-12-6-17-7-13(12)9-19/h3-5,11-13,16-17H,6-10H2,1-2H3,(H,18,20). The van der Waals surface area contributed by atoms with Gasteiger partial charge in [0.2, 0.25) is 5.91 Å². The molecule has 5 heteroatoms. The number of nitrogens with one attached hydrogen (secondary N) is 2. The third-order valence-corrected chi connectivity index (χ3v) is 5.62. The summed E-state index contributed by atoms with van der Waals surface area (Å²) in [7, 11) is 0. The van der Waals surface area contributed by atoms with E-state index in [1.54, 1.807) is 11.3 Å². The Kier molecular flexibility index (Phi) is 4.62. The molecule has 2 aliphatic rings. The average molecular weight is 307 g/mol. The summed E-state index contributed by atoms with van der Waals surface area (Å²) < 4.78 is 0. The van der Waals surface area contributed by atoms with Crippen LogP contribution >= 0.6 is 11.3 Å². The zero-order valence-corrected chi connectivity index (χ0v) is 13.7. The van der Waals surface area contributed by atoms with Gasteiger partial charge in [0.25, 0.3) is 0 Å². The highest BCUT2D eigenvalue weighted by molar-refractivity contribution is 7.10. The number of carbonyl (C=O) groups is 1. The third kappa shape index (κ3) is 3.47. The molecule has 0 spiro atoms. The molecule has 116 valence electrons. The molecule has 0 radical (unpaired) electrons. The fraction of sp³-hybridized carbons (Fsp3) is 0.688. The van der Waals surface area contributed by atoms with Crippen LogP contribution in [-0.2, 0) is 4.79 Å². The molecule has 1 aromatic rings. The van der Waals surface area contributed by atoms with Crippen LogP contribution in [0.1, 0.15) is 24.8 Å². The highest BCUT2D eigenvalue weighted by Gasteiger charge is 2.36. The van der Waals surface area contributed by atoms with E-state index in [-0.39, 0.29) is 11.9 Å². The van der Waals surface area contributed by atoms with Gasteiger partial charge in [-0.2, -0.15) is 0 Å². The second-order valence-electron chi connectivity index (χ2n) is 6.68. The number of likely N-dealkylation sites (tertiary alicyclic amines) is 1. The van der Waals surface area contributed by atoms with Gasteiger partial charge in [-0.05, 0) is 42.3 Å². The Morgan fingerprint density at radius 3 is 2.71 bits per heavy atom. The molecule has 2 N–H and O–H groups in total. The molecule has 0 aliphatic carbocycles. The van der Waals surface area contributed by atoms with E-state index in [1.807, 2.05) is 0 Å². The van der Waals surface area contributed by atoms with Gasteiger partial charge < -0.3 is 10.6 Å². The van der Waals surface area contributed by atoms with Gasteiger partial charge in [-0.1, -0.05) is 19.9 Å². The predicted molar refractivity (Wildman–Crippen MR) is 86.3 cm³/mol. The average Bonchev–Trinajstić information content (AvgIpc) is 3.11. The summed E-state index contributed by atoms with van der Waals surface area (Å²) in [5.74, 6) is 2.07. The van der Waals surface area contributed by atoms with Gasteiger partial charge in [0, 0.05) is 18.0 Å². The zero-order chi connectivity index (χ0) is 14.8. The molecule has 0 bridgehead atoms. The van der Waals surface area contributed by atoms with E-state index in [1.165, 1.54) is 4.88 Å². The van der Waals surface area contributed by atoms with Crippen LogP contribution in [0.25, 0.3) is 0 Å². The molecule has 0 saturated carbocycles. The van der Waals surface area contributed by atoms with Crippen LogP contribution in [0.5, 0.6) is 0 Å². The number of carbonyl (C=O) groups excluding carboxylic acids is 1. The van der Waals surface area contributed by atoms with E-state index >= 15 is 0 Å². The van der Waals surface area contributed by atoms with Crippen molar-refractivity contribution in [3.8, 4) is 0 Å². The number of thiophene rings is 1. The summed E-state index contributed by atoms with van der Waals surface area (Å²) in [5, 5.41) is 8.74. The number of fused-ring (bicyclic) bond motifs is 1. The molecule has 1 aromatic heterocycles. The monoisotopic (exact) mass is 307 g/mol. The smallest absolute Gasteiger partial charge is 0.234 e. The molecule has 3 unspecified atom stereocenters. The fourth-order valence-electron chi connectivity index (χ4n) is 3.54. The molecule has 3 rings (SSSR count). The number of hydrogen-bond donors (Lipinski definition) is 2. The molecule has 21 heavy (non-hydrogen) atoms. The van der Waals surface area contributed by atoms with Crippen LogP contribution in [0.15, 0.2) is 17.5 Å². The maximum Gasteiger partial charge on any atom is 0.234 e. The Labute approximate surface area is 130 Å². The van der Waals surface area contributed by atoms with E-state index in [0.717, 1.165) is 38.0 Å². The third-order valence-electron chi connectivity index (χ3n) is 4.67. The van der Waals surface area contributed by atoms with Gasteiger partial charge in [-0.3, -0.25) is 9.69 Å². The first kappa shape index (κ1) is 15.0. The van der Waals surface area contributed by atoms with Gasteiger partial charge in [0.15, 0.2) is 0 Å². The lowest BCUT2D eigenvalue weighted by atomic mass is 10.0. The minimum Gasteiger partial charge on any atom is -0.347 e. The van der Waals surface area contributed by atoms with Crippen molar-refractivity contribution in [1.29, 1.82) is 0 Å². The summed E-state index contributed by atoms with van der Waals surface area (Å²) in [6.07, 6.45) is 0. The lowest BCUT2D eigenvalue weighted by Crippen LogP contribution is -2.40. The Morgan fingerprint density at radius 1 is 1.43 bits per heavy atom. The summed E-state index contributed by atoms with van der Waals surface area (Å²) >= 11 is 1.72. The van der Waals surface area contributed by atoms with E-state index in [4.69, 9.17) is 0 Å². The fourth-order valence-corrected chi connectivity index (χ4v) is 4.49. The summed E-state index contributed by atoms with van der Waals surface area (Å²) in [6.45, 7) is 9.24. The summed E-state index contributed by atoms with van der Waals surface area (Å²) in [5.41, 5.74) is 0. The summed E-state index contributed by atoms with van der Waals surface area (Å²) in [6, 6.07) is 4.30. The van der Waals surface area contributed by atoms with E-state index in [2.05, 4.69) is 46.9 Å². The van der Waals surface area contributed by atoms with Crippen LogP contribution in [0.2, 0.25) is 0 Å². The Morgan fingerprint density at radius 2 is 2.14 bits per heavy atom. The van der Waals surface area contributed by atoms with E-state index in [0.29, 0.717) is 12.5 Å². The van der Waals surface area contributed by atoms with Crippen molar-refractivity contribution in [1.82, 2.24) is 15.5 Å². The van der Waals surface area contributed by atoms with Gasteiger partial charge >= 0.3 is 0 Å². The number of nitrogens with zero attached hydrogens (tertiary/aromatic N) is 1. The molecule has 2 saturated heterocycles. The number of amides is 1. The predicted octanol–water partition coefficient (Wildman–Crippen LogP) is 1.71. The maximum atomic E-state index is 12.4. The highest BCUT2D eigenvalue weighted by Crippen LogP contribution is 2.27. The van der Waals surface area contributed by atoms with Crippen LogP contribution in [-0.4, -0.2) is 43.5 Å². The zero-order valence-electron chi connectivity index (χ0n) is 12.8. The first-order valence-electron chi connectivity index (χ1n) is 7.89. The van der Waals surface area contributed by atoms with Crippen molar-refractivity contribution in [2.75, 3.05) is 32.7 Å². The maximum absolute atomic E-state index is 12.4. The van der Waals surface area contributed by atoms with Gasteiger partial charge in [0.05, 0.1) is 12.6 Å². The van der Waals surface area contributed by atoms with Crippen molar-refractivity contribution in [3.05, 3.63) is 22.4 Å². The molecule has 3 heterocycles. The van der Waals surface area contributed by atoms with Crippen LogP contribution in [0.4, 0.5) is 0 Å². The van der Waals surface area contributed by atoms with E-state index < -0.39 is 0 Å². The quantitative estimate of drug-likeness (QED) is 0.870. The lowest BCUT2D eigenvalue weighted by Gasteiger charge is -2.23. The minimum absolute atomic E-state index is 0.140. The van der Waals surface area contributed by atoms with Crippen molar-refractivity contribution >= 4 is 17.2 Å². The van der Waals surface area contributed by atoms with Crippen LogP contribution in [0.3, 0.4) is 0 Å². The SMILES string of the molecule is CC(C)C(NC(=O)CN1CC2CNCC2C1)c1cccs1. The van der Waals surface area contributed by atoms with Crippen molar-refractivity contribution in [3.63, 3.8) is 0 Å². The Hall–Kier alpha value is -0.910. The van der Waals surface area contributed by atoms with Gasteiger partial charge in [-0.15, -0.1) is 11.3 Å². The number of hydrogen-bond acceptors (Lipinski definition) is 4. The topological polar surface area (TPSA) is 44.4 Å². The molecular weight excluding hydrogens is 282 g/mol. The van der Waals surface area contributed by atoms with Crippen LogP contribution in [0, 0.1) is 17.8 Å². The molecule has 3 atom stereocenters. The molecule has 2 fully saturated rings. The highest BCUT2D eigenvalue weighted by atomic mass is 32.1. The van der Waals surface area contributed by atoms with Gasteiger partial charge in [-0.25, -0.2) is 0 Å². The molecule has 1 amide bonds. The van der Waals surface area contributed by atoms with E-state index in [9.17, 15) is 4.79 Å². The lowest BCUT2D eigenvalue weighted by molar-refractivity contribution is -0.123. The van der Waals surface area contributed by atoms with Crippen molar-refractivity contribution < 1.29 is 4.79 Å². The molecule has 2 aliphatic heterocycles. The van der Waals surface area contributed by atoms with Crippen molar-refractivity contribution in [2.45, 2.75) is 19.9 Å². The van der Waals surface area contributed by atoms with Crippen molar-refractivity contribution in [2.24, 2.45) is 17.8 Å². The second kappa shape index (κ2) is 6.46. The van der Waals surface area contributed by atoms with Gasteiger partial charge in [0.1, 0.15) is 0 Å².